The maximum atomic E-state index is 6.22. The highest BCUT2D eigenvalue weighted by Gasteiger charge is 2.15. The van der Waals surface area contributed by atoms with Gasteiger partial charge >= 0.3 is 0 Å². The van der Waals surface area contributed by atoms with Gasteiger partial charge in [0.25, 0.3) is 0 Å². The lowest BCUT2D eigenvalue weighted by atomic mass is 10.0. The van der Waals surface area contributed by atoms with Crippen LogP contribution < -0.4 is 4.74 Å². The standard InChI is InChI=1S/C16H17ClO2/c1-3-19-13-10-8-12(9-11-13)16(18-2)14-6-4-5-7-15(14)17/h4-11,16H,3H2,1-2H3. The fraction of sp³-hybridized carbons (Fsp3) is 0.250. The molecule has 1 atom stereocenters. The number of rotatable bonds is 5. The van der Waals surface area contributed by atoms with Crippen LogP contribution in [0.1, 0.15) is 24.2 Å². The van der Waals surface area contributed by atoms with E-state index in [1.807, 2.05) is 55.5 Å². The minimum Gasteiger partial charge on any atom is -0.494 e. The molecule has 100 valence electrons. The van der Waals surface area contributed by atoms with Gasteiger partial charge in [0.1, 0.15) is 11.9 Å². The molecule has 2 nitrogen and oxygen atoms in total. The molecular formula is C16H17ClO2. The molecule has 3 heteroatoms. The quantitative estimate of drug-likeness (QED) is 0.802. The average Bonchev–Trinajstić information content (AvgIpc) is 2.44. The van der Waals surface area contributed by atoms with Crippen LogP contribution in [0.2, 0.25) is 5.02 Å². The lowest BCUT2D eigenvalue weighted by Crippen LogP contribution is -2.04. The zero-order chi connectivity index (χ0) is 13.7. The number of halogens is 1. The summed E-state index contributed by atoms with van der Waals surface area (Å²) < 4.78 is 11.0. The predicted molar refractivity (Wildman–Crippen MR) is 77.9 cm³/mol. The zero-order valence-electron chi connectivity index (χ0n) is 11.1. The summed E-state index contributed by atoms with van der Waals surface area (Å²) in [4.78, 5) is 0. The molecule has 0 aliphatic rings. The molecule has 19 heavy (non-hydrogen) atoms. The molecule has 0 saturated heterocycles. The monoisotopic (exact) mass is 276 g/mol. The first-order valence-corrected chi connectivity index (χ1v) is 6.64. The SMILES string of the molecule is CCOc1ccc(C(OC)c2ccccc2Cl)cc1. The number of hydrogen-bond donors (Lipinski definition) is 0. The maximum Gasteiger partial charge on any atom is 0.119 e. The third-order valence-corrected chi connectivity index (χ3v) is 3.26. The number of hydrogen-bond acceptors (Lipinski definition) is 2. The topological polar surface area (TPSA) is 18.5 Å². The van der Waals surface area contributed by atoms with Gasteiger partial charge in [-0.1, -0.05) is 41.9 Å². The lowest BCUT2D eigenvalue weighted by molar-refractivity contribution is 0.136. The maximum absolute atomic E-state index is 6.22. The summed E-state index contributed by atoms with van der Waals surface area (Å²) in [5.74, 6) is 0.861. The van der Waals surface area contributed by atoms with Gasteiger partial charge in [0.05, 0.1) is 6.61 Å². The molecule has 1 unspecified atom stereocenters. The van der Waals surface area contributed by atoms with Crippen molar-refractivity contribution in [2.24, 2.45) is 0 Å². The molecule has 0 saturated carbocycles. The van der Waals surface area contributed by atoms with Gasteiger partial charge < -0.3 is 9.47 Å². The normalized spacial score (nSPS) is 12.2. The summed E-state index contributed by atoms with van der Waals surface area (Å²) in [6.07, 6.45) is -0.163. The molecule has 2 rings (SSSR count). The molecule has 0 aromatic heterocycles. The van der Waals surface area contributed by atoms with E-state index in [4.69, 9.17) is 21.1 Å². The Balaban J connectivity index is 2.29. The highest BCUT2D eigenvalue weighted by Crippen LogP contribution is 2.31. The van der Waals surface area contributed by atoms with E-state index in [0.717, 1.165) is 16.9 Å². The van der Waals surface area contributed by atoms with Crippen molar-refractivity contribution < 1.29 is 9.47 Å². The van der Waals surface area contributed by atoms with Gasteiger partial charge in [-0.2, -0.15) is 0 Å². The Kier molecular flexibility index (Phi) is 4.83. The molecule has 0 spiro atoms. The zero-order valence-corrected chi connectivity index (χ0v) is 11.9. The van der Waals surface area contributed by atoms with E-state index in [1.54, 1.807) is 7.11 Å². The molecule has 2 aromatic carbocycles. The molecular weight excluding hydrogens is 260 g/mol. The second-order valence-corrected chi connectivity index (χ2v) is 4.55. The van der Waals surface area contributed by atoms with Crippen LogP contribution >= 0.6 is 11.6 Å². The highest BCUT2D eigenvalue weighted by molar-refractivity contribution is 6.31. The molecule has 0 amide bonds. The first kappa shape index (κ1) is 13.9. The lowest BCUT2D eigenvalue weighted by Gasteiger charge is -2.18. The van der Waals surface area contributed by atoms with Crippen LogP contribution in [0.15, 0.2) is 48.5 Å². The van der Waals surface area contributed by atoms with Crippen LogP contribution in [0, 0.1) is 0 Å². The Morgan fingerprint density at radius 1 is 1.05 bits per heavy atom. The summed E-state index contributed by atoms with van der Waals surface area (Å²) in [6, 6.07) is 15.6. The fourth-order valence-corrected chi connectivity index (χ4v) is 2.27. The summed E-state index contributed by atoms with van der Waals surface area (Å²) >= 11 is 6.22. The first-order chi connectivity index (χ1) is 9.26. The summed E-state index contributed by atoms with van der Waals surface area (Å²) in [5, 5.41) is 0.711. The van der Waals surface area contributed by atoms with Crippen LogP contribution in [0.3, 0.4) is 0 Å². The van der Waals surface area contributed by atoms with Crippen molar-refractivity contribution >= 4 is 11.6 Å². The third-order valence-electron chi connectivity index (χ3n) is 2.92. The number of benzene rings is 2. The van der Waals surface area contributed by atoms with Crippen LogP contribution in [-0.4, -0.2) is 13.7 Å². The minimum atomic E-state index is -0.163. The van der Waals surface area contributed by atoms with Crippen molar-refractivity contribution in [3.8, 4) is 5.75 Å². The van der Waals surface area contributed by atoms with Gasteiger partial charge in [-0.25, -0.2) is 0 Å². The Bertz CT molecular complexity index is 523. The second-order valence-electron chi connectivity index (χ2n) is 4.14. The van der Waals surface area contributed by atoms with Gasteiger partial charge in [0.2, 0.25) is 0 Å². The van der Waals surface area contributed by atoms with Gasteiger partial charge in [-0.15, -0.1) is 0 Å². The van der Waals surface area contributed by atoms with Crippen LogP contribution in [-0.2, 0) is 4.74 Å². The van der Waals surface area contributed by atoms with Crippen molar-refractivity contribution in [3.05, 3.63) is 64.7 Å². The second kappa shape index (κ2) is 6.60. The van der Waals surface area contributed by atoms with E-state index < -0.39 is 0 Å². The van der Waals surface area contributed by atoms with E-state index in [2.05, 4.69) is 0 Å². The van der Waals surface area contributed by atoms with Gasteiger partial charge in [0.15, 0.2) is 0 Å². The molecule has 0 fully saturated rings. The van der Waals surface area contributed by atoms with Crippen LogP contribution in [0.25, 0.3) is 0 Å². The van der Waals surface area contributed by atoms with E-state index in [-0.39, 0.29) is 6.10 Å². The summed E-state index contributed by atoms with van der Waals surface area (Å²) in [7, 11) is 1.68. The Labute approximate surface area is 118 Å². The minimum absolute atomic E-state index is 0.163. The van der Waals surface area contributed by atoms with Crippen LogP contribution in [0.4, 0.5) is 0 Å². The fourth-order valence-electron chi connectivity index (χ4n) is 2.04. The molecule has 0 radical (unpaired) electrons. The van der Waals surface area contributed by atoms with E-state index in [0.29, 0.717) is 11.6 Å². The smallest absolute Gasteiger partial charge is 0.119 e. The van der Waals surface area contributed by atoms with Gasteiger partial charge in [-0.05, 0) is 30.7 Å². The summed E-state index contributed by atoms with van der Waals surface area (Å²) in [6.45, 7) is 2.63. The Morgan fingerprint density at radius 2 is 1.74 bits per heavy atom. The number of ether oxygens (including phenoxy) is 2. The largest absolute Gasteiger partial charge is 0.494 e. The average molecular weight is 277 g/mol. The highest BCUT2D eigenvalue weighted by atomic mass is 35.5. The van der Waals surface area contributed by atoms with Gasteiger partial charge in [0, 0.05) is 17.7 Å². The van der Waals surface area contributed by atoms with Gasteiger partial charge in [-0.3, -0.25) is 0 Å². The summed E-state index contributed by atoms with van der Waals surface area (Å²) in [5.41, 5.74) is 2.02. The molecule has 0 aliphatic heterocycles. The predicted octanol–water partition coefficient (Wildman–Crippen LogP) is 4.47. The van der Waals surface area contributed by atoms with Crippen molar-refractivity contribution in [1.82, 2.24) is 0 Å². The third kappa shape index (κ3) is 3.28. The van der Waals surface area contributed by atoms with E-state index in [9.17, 15) is 0 Å². The first-order valence-electron chi connectivity index (χ1n) is 6.26. The molecule has 0 heterocycles. The molecule has 0 bridgehead atoms. The van der Waals surface area contributed by atoms with E-state index in [1.165, 1.54) is 0 Å². The Hall–Kier alpha value is -1.51. The van der Waals surface area contributed by atoms with Crippen molar-refractivity contribution in [2.75, 3.05) is 13.7 Å². The Morgan fingerprint density at radius 3 is 2.32 bits per heavy atom. The van der Waals surface area contributed by atoms with Crippen LogP contribution in [0.5, 0.6) is 5.75 Å². The molecule has 2 aromatic rings. The van der Waals surface area contributed by atoms with Crippen molar-refractivity contribution in [2.45, 2.75) is 13.0 Å². The van der Waals surface area contributed by atoms with E-state index >= 15 is 0 Å². The molecule has 0 aliphatic carbocycles. The number of methoxy groups -OCH3 is 1. The molecule has 0 N–H and O–H groups in total. The van der Waals surface area contributed by atoms with Crippen molar-refractivity contribution in [3.63, 3.8) is 0 Å². The van der Waals surface area contributed by atoms with Crippen molar-refractivity contribution in [1.29, 1.82) is 0 Å².